The molecule has 0 fully saturated rings. The monoisotopic (exact) mass is 280 g/mol. The van der Waals surface area contributed by atoms with Crippen LogP contribution in [0.5, 0.6) is 17.2 Å². The lowest BCUT2D eigenvalue weighted by atomic mass is 10.1. The molecule has 0 aromatic heterocycles. The van der Waals surface area contributed by atoms with Crippen LogP contribution in [0.3, 0.4) is 0 Å². The molecule has 1 N–H and O–H groups in total. The summed E-state index contributed by atoms with van der Waals surface area (Å²) in [4.78, 5) is 22.3. The van der Waals surface area contributed by atoms with Crippen LogP contribution in [-0.4, -0.2) is 38.2 Å². The predicted molar refractivity (Wildman–Crippen MR) is 72.4 cm³/mol. The van der Waals surface area contributed by atoms with E-state index in [-0.39, 0.29) is 5.57 Å². The maximum Gasteiger partial charge on any atom is 0.339 e. The van der Waals surface area contributed by atoms with E-state index in [9.17, 15) is 9.59 Å². The van der Waals surface area contributed by atoms with Crippen LogP contribution >= 0.6 is 0 Å². The minimum atomic E-state index is -1.29. The number of hydrogen-bond donors (Lipinski definition) is 1. The molecule has 1 aromatic rings. The SMILES string of the molecule is COc1cc(C=C(C(C)=O)C(=O)O)cc(OC)c1OC. The van der Waals surface area contributed by atoms with Crippen molar-refractivity contribution in [2.45, 2.75) is 6.92 Å². The van der Waals surface area contributed by atoms with Gasteiger partial charge in [-0.05, 0) is 30.7 Å². The first kappa shape index (κ1) is 15.6. The standard InChI is InChI=1S/C14H16O6/c1-8(15)10(14(16)17)5-9-6-11(18-2)13(20-4)12(7-9)19-3/h5-7H,1-4H3,(H,16,17). The van der Waals surface area contributed by atoms with Crippen molar-refractivity contribution in [2.75, 3.05) is 21.3 Å². The lowest BCUT2D eigenvalue weighted by Gasteiger charge is -2.13. The fourth-order valence-electron chi connectivity index (χ4n) is 1.67. The molecule has 0 aliphatic rings. The average Bonchev–Trinajstić information content (AvgIpc) is 2.42. The van der Waals surface area contributed by atoms with Gasteiger partial charge in [-0.2, -0.15) is 0 Å². The summed E-state index contributed by atoms with van der Waals surface area (Å²) < 4.78 is 15.5. The molecule has 6 heteroatoms. The lowest BCUT2D eigenvalue weighted by Crippen LogP contribution is -2.08. The molecule has 1 rings (SSSR count). The van der Waals surface area contributed by atoms with Crippen LogP contribution in [0.1, 0.15) is 12.5 Å². The van der Waals surface area contributed by atoms with Gasteiger partial charge < -0.3 is 19.3 Å². The van der Waals surface area contributed by atoms with Gasteiger partial charge in [-0.1, -0.05) is 0 Å². The van der Waals surface area contributed by atoms with Gasteiger partial charge in [-0.3, -0.25) is 4.79 Å². The lowest BCUT2D eigenvalue weighted by molar-refractivity contribution is -0.134. The smallest absolute Gasteiger partial charge is 0.339 e. The average molecular weight is 280 g/mol. The Kier molecular flexibility index (Phi) is 5.14. The highest BCUT2D eigenvalue weighted by molar-refractivity contribution is 6.19. The third kappa shape index (κ3) is 3.28. The Morgan fingerprint density at radius 1 is 1.05 bits per heavy atom. The normalized spacial score (nSPS) is 10.9. The van der Waals surface area contributed by atoms with Crippen LogP contribution in [-0.2, 0) is 9.59 Å². The number of aliphatic carboxylic acids is 1. The zero-order chi connectivity index (χ0) is 15.3. The van der Waals surface area contributed by atoms with E-state index in [1.807, 2.05) is 0 Å². The fraction of sp³-hybridized carbons (Fsp3) is 0.286. The Balaban J connectivity index is 3.43. The van der Waals surface area contributed by atoms with Crippen molar-refractivity contribution in [1.82, 2.24) is 0 Å². The second-order valence-corrected chi connectivity index (χ2v) is 3.88. The van der Waals surface area contributed by atoms with Gasteiger partial charge in [0.05, 0.1) is 21.3 Å². The molecule has 20 heavy (non-hydrogen) atoms. The summed E-state index contributed by atoms with van der Waals surface area (Å²) in [5.41, 5.74) is 0.145. The van der Waals surface area contributed by atoms with E-state index in [0.29, 0.717) is 22.8 Å². The molecule has 0 atom stereocenters. The number of methoxy groups -OCH3 is 3. The first-order valence-corrected chi connectivity index (χ1v) is 5.70. The minimum Gasteiger partial charge on any atom is -0.493 e. The summed E-state index contributed by atoms with van der Waals surface area (Å²) >= 11 is 0. The van der Waals surface area contributed by atoms with Crippen molar-refractivity contribution in [1.29, 1.82) is 0 Å². The number of Topliss-reactive ketones (excluding diaryl/α,β-unsaturated/α-hetero) is 1. The number of hydrogen-bond acceptors (Lipinski definition) is 5. The number of carboxylic acids is 1. The van der Waals surface area contributed by atoms with E-state index in [1.165, 1.54) is 34.3 Å². The molecule has 0 unspecified atom stereocenters. The molecule has 6 nitrogen and oxygen atoms in total. The third-order valence-electron chi connectivity index (χ3n) is 2.61. The molecular weight excluding hydrogens is 264 g/mol. The van der Waals surface area contributed by atoms with E-state index >= 15 is 0 Å². The maximum atomic E-state index is 11.3. The van der Waals surface area contributed by atoms with E-state index in [2.05, 4.69) is 0 Å². The molecule has 0 aliphatic heterocycles. The van der Waals surface area contributed by atoms with Crippen molar-refractivity contribution in [3.05, 3.63) is 23.3 Å². The van der Waals surface area contributed by atoms with Crippen molar-refractivity contribution < 1.29 is 28.9 Å². The second-order valence-electron chi connectivity index (χ2n) is 3.88. The van der Waals surface area contributed by atoms with Crippen LogP contribution in [0, 0.1) is 0 Å². The largest absolute Gasteiger partial charge is 0.493 e. The third-order valence-corrected chi connectivity index (χ3v) is 2.61. The summed E-state index contributed by atoms with van der Waals surface area (Å²) in [6.07, 6.45) is 1.26. The highest BCUT2D eigenvalue weighted by Gasteiger charge is 2.16. The Labute approximate surface area is 116 Å². The number of carbonyl (C=O) groups is 2. The zero-order valence-corrected chi connectivity index (χ0v) is 11.7. The fourth-order valence-corrected chi connectivity index (χ4v) is 1.67. The highest BCUT2D eigenvalue weighted by Crippen LogP contribution is 2.38. The highest BCUT2D eigenvalue weighted by atomic mass is 16.5. The van der Waals surface area contributed by atoms with Gasteiger partial charge in [0.1, 0.15) is 5.57 Å². The minimum absolute atomic E-state index is 0.320. The summed E-state index contributed by atoms with van der Waals surface area (Å²) in [6, 6.07) is 3.13. The van der Waals surface area contributed by atoms with Crippen molar-refractivity contribution in [3.63, 3.8) is 0 Å². The molecule has 1 aromatic carbocycles. The first-order chi connectivity index (χ1) is 9.44. The van der Waals surface area contributed by atoms with Gasteiger partial charge in [0.2, 0.25) is 5.75 Å². The molecule has 0 saturated carbocycles. The van der Waals surface area contributed by atoms with Gasteiger partial charge >= 0.3 is 5.97 Å². The molecule has 0 aliphatic carbocycles. The van der Waals surface area contributed by atoms with Gasteiger partial charge in [0.25, 0.3) is 0 Å². The topological polar surface area (TPSA) is 82.1 Å². The number of carbonyl (C=O) groups excluding carboxylic acids is 1. The van der Waals surface area contributed by atoms with Crippen molar-refractivity contribution in [3.8, 4) is 17.2 Å². The predicted octanol–water partition coefficient (Wildman–Crippen LogP) is 1.77. The van der Waals surface area contributed by atoms with Crippen molar-refractivity contribution in [2.24, 2.45) is 0 Å². The summed E-state index contributed by atoms with van der Waals surface area (Å²) in [5.74, 6) is -0.665. The molecule has 0 saturated heterocycles. The van der Waals surface area contributed by atoms with E-state index in [1.54, 1.807) is 12.1 Å². The summed E-state index contributed by atoms with van der Waals surface area (Å²) in [7, 11) is 4.37. The zero-order valence-electron chi connectivity index (χ0n) is 11.7. The molecule has 0 heterocycles. The Hall–Kier alpha value is -2.50. The van der Waals surface area contributed by atoms with E-state index < -0.39 is 11.8 Å². The Morgan fingerprint density at radius 3 is 1.85 bits per heavy atom. The van der Waals surface area contributed by atoms with Crippen LogP contribution in [0.2, 0.25) is 0 Å². The van der Waals surface area contributed by atoms with Crippen LogP contribution in [0.4, 0.5) is 0 Å². The Bertz CT molecular complexity index is 518. The maximum absolute atomic E-state index is 11.3. The van der Waals surface area contributed by atoms with Crippen LogP contribution in [0.15, 0.2) is 17.7 Å². The van der Waals surface area contributed by atoms with Gasteiger partial charge in [-0.25, -0.2) is 4.79 Å². The molecule has 108 valence electrons. The van der Waals surface area contributed by atoms with E-state index in [0.717, 1.165) is 0 Å². The van der Waals surface area contributed by atoms with Crippen LogP contribution in [0.25, 0.3) is 6.08 Å². The molecule has 0 bridgehead atoms. The Morgan fingerprint density at radius 2 is 1.55 bits per heavy atom. The molecule has 0 spiro atoms. The van der Waals surface area contributed by atoms with E-state index in [4.69, 9.17) is 19.3 Å². The summed E-state index contributed by atoms with van der Waals surface area (Å²) in [5, 5.41) is 8.98. The number of ketones is 1. The van der Waals surface area contributed by atoms with Crippen molar-refractivity contribution >= 4 is 17.8 Å². The molecular formula is C14H16O6. The number of carboxylic acid groups (broad SMARTS) is 1. The number of ether oxygens (including phenoxy) is 3. The van der Waals surface area contributed by atoms with Gasteiger partial charge in [0, 0.05) is 0 Å². The number of rotatable bonds is 6. The number of benzene rings is 1. The molecule has 0 amide bonds. The summed E-state index contributed by atoms with van der Waals surface area (Å²) in [6.45, 7) is 1.19. The first-order valence-electron chi connectivity index (χ1n) is 5.70. The molecule has 0 radical (unpaired) electrons. The van der Waals surface area contributed by atoms with Crippen LogP contribution < -0.4 is 14.2 Å². The van der Waals surface area contributed by atoms with Gasteiger partial charge in [-0.15, -0.1) is 0 Å². The second kappa shape index (κ2) is 6.60. The van der Waals surface area contributed by atoms with Gasteiger partial charge in [0.15, 0.2) is 17.3 Å². The quantitative estimate of drug-likeness (QED) is 0.486.